The predicted molar refractivity (Wildman–Crippen MR) is 94.2 cm³/mol. The highest BCUT2D eigenvalue weighted by atomic mass is 35.5. The van der Waals surface area contributed by atoms with E-state index in [0.29, 0.717) is 18.2 Å². The number of carbonyl (C=O) groups is 1. The monoisotopic (exact) mass is 343 g/mol. The van der Waals surface area contributed by atoms with Crippen LogP contribution in [0.3, 0.4) is 0 Å². The lowest BCUT2D eigenvalue weighted by Crippen LogP contribution is -2.28. The molecule has 1 aromatic carbocycles. The lowest BCUT2D eigenvalue weighted by Gasteiger charge is -2.07. The first-order chi connectivity index (χ1) is 11.7. The van der Waals surface area contributed by atoms with Gasteiger partial charge in [-0.05, 0) is 24.3 Å². The Kier molecular flexibility index (Phi) is 5.13. The van der Waals surface area contributed by atoms with Crippen LogP contribution in [0.2, 0.25) is 5.02 Å². The van der Waals surface area contributed by atoms with Crippen LogP contribution in [0.1, 0.15) is 5.69 Å². The minimum absolute atomic E-state index is 0.0621. The van der Waals surface area contributed by atoms with E-state index < -0.39 is 0 Å². The topological polar surface area (TPSA) is 55.6 Å². The molecule has 5 nitrogen and oxygen atoms in total. The van der Waals surface area contributed by atoms with Crippen LogP contribution in [-0.4, -0.2) is 35.6 Å². The maximum atomic E-state index is 12.2. The van der Waals surface area contributed by atoms with Gasteiger partial charge in [-0.25, -0.2) is 4.98 Å². The summed E-state index contributed by atoms with van der Waals surface area (Å²) in [5.74, 6) is -0.0621. The third-order valence-electron chi connectivity index (χ3n) is 3.70. The highest BCUT2D eigenvalue weighted by Gasteiger charge is 2.16. The van der Waals surface area contributed by atoms with Crippen LogP contribution in [0.5, 0.6) is 0 Å². The lowest BCUT2D eigenvalue weighted by atomic mass is 10.1. The molecule has 0 fully saturated rings. The average molecular weight is 344 g/mol. The number of methoxy groups -OCH3 is 1. The molecule has 3 rings (SSSR count). The molecule has 24 heavy (non-hydrogen) atoms. The number of amides is 1. The van der Waals surface area contributed by atoms with Crippen molar-refractivity contribution in [3.05, 3.63) is 59.4 Å². The van der Waals surface area contributed by atoms with Crippen LogP contribution in [-0.2, 0) is 16.0 Å². The van der Waals surface area contributed by atoms with Gasteiger partial charge in [-0.2, -0.15) is 0 Å². The third-order valence-corrected chi connectivity index (χ3v) is 3.95. The van der Waals surface area contributed by atoms with Gasteiger partial charge in [-0.1, -0.05) is 29.8 Å². The summed E-state index contributed by atoms with van der Waals surface area (Å²) < 4.78 is 6.90. The van der Waals surface area contributed by atoms with Gasteiger partial charge in [0.15, 0.2) is 0 Å². The molecule has 0 unspecified atom stereocenters. The number of carbonyl (C=O) groups excluding carboxylic acids is 1. The van der Waals surface area contributed by atoms with Crippen molar-refractivity contribution in [1.29, 1.82) is 0 Å². The predicted octanol–water partition coefficient (Wildman–Crippen LogP) is 2.96. The van der Waals surface area contributed by atoms with Crippen LogP contribution in [0, 0.1) is 0 Å². The maximum absolute atomic E-state index is 12.2. The van der Waals surface area contributed by atoms with Crippen LogP contribution in [0.15, 0.2) is 48.7 Å². The Morgan fingerprint density at radius 3 is 2.79 bits per heavy atom. The summed E-state index contributed by atoms with van der Waals surface area (Å²) in [5, 5.41) is 3.52. The van der Waals surface area contributed by atoms with E-state index in [1.165, 1.54) is 0 Å². The van der Waals surface area contributed by atoms with Crippen molar-refractivity contribution < 1.29 is 9.53 Å². The van der Waals surface area contributed by atoms with Gasteiger partial charge in [0.05, 0.1) is 24.4 Å². The number of aromatic nitrogens is 2. The Balaban J connectivity index is 1.96. The van der Waals surface area contributed by atoms with Gasteiger partial charge >= 0.3 is 0 Å². The number of imidazole rings is 1. The van der Waals surface area contributed by atoms with E-state index in [0.717, 1.165) is 22.6 Å². The highest BCUT2D eigenvalue weighted by Crippen LogP contribution is 2.26. The number of ether oxygens (including phenoxy) is 1. The summed E-state index contributed by atoms with van der Waals surface area (Å²) in [6.45, 7) is 0.977. The molecular formula is C18H18ClN3O2. The van der Waals surface area contributed by atoms with Crippen molar-refractivity contribution in [2.75, 3.05) is 20.3 Å². The van der Waals surface area contributed by atoms with E-state index in [1.54, 1.807) is 7.11 Å². The second kappa shape index (κ2) is 7.47. The van der Waals surface area contributed by atoms with Crippen molar-refractivity contribution in [2.24, 2.45) is 0 Å². The Bertz CT molecular complexity index is 843. The molecule has 124 valence electrons. The number of rotatable bonds is 6. The van der Waals surface area contributed by atoms with Crippen molar-refractivity contribution in [2.45, 2.75) is 6.42 Å². The quantitative estimate of drug-likeness (QED) is 0.700. The molecule has 0 aliphatic rings. The molecule has 0 saturated carbocycles. The summed E-state index contributed by atoms with van der Waals surface area (Å²) in [4.78, 5) is 16.9. The third kappa shape index (κ3) is 3.58. The minimum Gasteiger partial charge on any atom is -0.383 e. The Hall–Kier alpha value is -2.37. The minimum atomic E-state index is -0.0621. The molecule has 1 amide bonds. The van der Waals surface area contributed by atoms with Gasteiger partial charge in [0.25, 0.3) is 0 Å². The smallest absolute Gasteiger partial charge is 0.226 e. The molecule has 2 heterocycles. The number of fused-ring (bicyclic) bond motifs is 1. The van der Waals surface area contributed by atoms with E-state index >= 15 is 0 Å². The maximum Gasteiger partial charge on any atom is 0.226 e. The number of nitrogens with zero attached hydrogens (tertiary/aromatic N) is 2. The zero-order chi connectivity index (χ0) is 16.9. The van der Waals surface area contributed by atoms with Crippen molar-refractivity contribution >= 4 is 23.2 Å². The average Bonchev–Trinajstić information content (AvgIpc) is 2.94. The van der Waals surface area contributed by atoms with E-state index in [-0.39, 0.29) is 12.3 Å². The van der Waals surface area contributed by atoms with Crippen LogP contribution in [0.25, 0.3) is 16.9 Å². The SMILES string of the molecule is COCCNC(=O)Cc1c(-c2ccc(Cl)cc2)nc2ccccn12. The summed E-state index contributed by atoms with van der Waals surface area (Å²) in [6, 6.07) is 13.2. The zero-order valence-corrected chi connectivity index (χ0v) is 14.1. The van der Waals surface area contributed by atoms with Crippen molar-refractivity contribution in [1.82, 2.24) is 14.7 Å². The fourth-order valence-corrected chi connectivity index (χ4v) is 2.69. The van der Waals surface area contributed by atoms with E-state index in [9.17, 15) is 4.79 Å². The first kappa shape index (κ1) is 16.5. The van der Waals surface area contributed by atoms with Gasteiger partial charge < -0.3 is 14.5 Å². The fourth-order valence-electron chi connectivity index (χ4n) is 2.56. The highest BCUT2D eigenvalue weighted by molar-refractivity contribution is 6.30. The number of pyridine rings is 1. The summed E-state index contributed by atoms with van der Waals surface area (Å²) in [5.41, 5.74) is 3.38. The number of benzene rings is 1. The van der Waals surface area contributed by atoms with Crippen molar-refractivity contribution in [3.63, 3.8) is 0 Å². The second-order valence-electron chi connectivity index (χ2n) is 5.36. The molecule has 0 aliphatic heterocycles. The van der Waals surface area contributed by atoms with Gasteiger partial charge in [-0.3, -0.25) is 4.79 Å². The van der Waals surface area contributed by atoms with E-state index in [1.807, 2.05) is 53.1 Å². The summed E-state index contributed by atoms with van der Waals surface area (Å²) in [7, 11) is 1.61. The van der Waals surface area contributed by atoms with Crippen LogP contribution >= 0.6 is 11.6 Å². The Morgan fingerprint density at radius 1 is 1.25 bits per heavy atom. The van der Waals surface area contributed by atoms with Gasteiger partial charge in [-0.15, -0.1) is 0 Å². The molecule has 3 aromatic rings. The van der Waals surface area contributed by atoms with Gasteiger partial charge in [0.1, 0.15) is 5.65 Å². The van der Waals surface area contributed by atoms with E-state index in [2.05, 4.69) is 10.3 Å². The molecular weight excluding hydrogens is 326 g/mol. The number of hydrogen-bond donors (Lipinski definition) is 1. The molecule has 0 bridgehead atoms. The lowest BCUT2D eigenvalue weighted by molar-refractivity contribution is -0.120. The van der Waals surface area contributed by atoms with E-state index in [4.69, 9.17) is 16.3 Å². The first-order valence-corrected chi connectivity index (χ1v) is 8.04. The normalized spacial score (nSPS) is 10.9. The Morgan fingerprint density at radius 2 is 2.04 bits per heavy atom. The van der Waals surface area contributed by atoms with Gasteiger partial charge in [0, 0.05) is 30.4 Å². The Labute approximate surface area is 145 Å². The van der Waals surface area contributed by atoms with Crippen molar-refractivity contribution in [3.8, 4) is 11.3 Å². The molecule has 0 aliphatic carbocycles. The number of nitrogens with one attached hydrogen (secondary N) is 1. The molecule has 2 aromatic heterocycles. The fraction of sp³-hybridized carbons (Fsp3) is 0.222. The largest absolute Gasteiger partial charge is 0.383 e. The molecule has 0 atom stereocenters. The second-order valence-corrected chi connectivity index (χ2v) is 5.80. The molecule has 1 N–H and O–H groups in total. The molecule has 0 saturated heterocycles. The zero-order valence-electron chi connectivity index (χ0n) is 13.3. The molecule has 0 radical (unpaired) electrons. The summed E-state index contributed by atoms with van der Waals surface area (Å²) in [6.07, 6.45) is 2.16. The summed E-state index contributed by atoms with van der Waals surface area (Å²) >= 11 is 5.97. The number of halogens is 1. The molecule has 6 heteroatoms. The van der Waals surface area contributed by atoms with Gasteiger partial charge in [0.2, 0.25) is 5.91 Å². The van der Waals surface area contributed by atoms with Crippen LogP contribution in [0.4, 0.5) is 0 Å². The number of hydrogen-bond acceptors (Lipinski definition) is 3. The first-order valence-electron chi connectivity index (χ1n) is 7.66. The molecule has 0 spiro atoms. The standard InChI is InChI=1S/C18H18ClN3O2/c1-24-11-9-20-17(23)12-15-18(13-5-7-14(19)8-6-13)21-16-4-2-3-10-22(15)16/h2-8,10H,9,11-12H2,1H3,(H,20,23). The van der Waals surface area contributed by atoms with Crippen LogP contribution < -0.4 is 5.32 Å².